The maximum atomic E-state index is 13.1. The van der Waals surface area contributed by atoms with E-state index in [0.717, 1.165) is 11.8 Å². The number of hydrogen-bond donors (Lipinski definition) is 1. The van der Waals surface area contributed by atoms with Crippen LogP contribution in [0.4, 0.5) is 5.69 Å². The number of hydrogen-bond acceptors (Lipinski definition) is 5. The van der Waals surface area contributed by atoms with E-state index in [4.69, 9.17) is 27.9 Å². The molecule has 11 heteroatoms. The fourth-order valence-electron chi connectivity index (χ4n) is 3.44. The van der Waals surface area contributed by atoms with Crippen LogP contribution in [0.25, 0.3) is 0 Å². The van der Waals surface area contributed by atoms with Crippen LogP contribution in [0.3, 0.4) is 0 Å². The smallest absolute Gasteiger partial charge is 0.242 e. The Hall–Kier alpha value is -2.49. The van der Waals surface area contributed by atoms with E-state index in [1.807, 2.05) is 6.07 Å². The number of halogens is 2. The third kappa shape index (κ3) is 7.51. The SMILES string of the molecule is CNC(=O)[C@H](C)N(Cc1cccc(Cl)c1)C(=O)CCCN(c1ccc(OC)c(Cl)c1)S(C)(=O)=O. The number of rotatable bonds is 11. The van der Waals surface area contributed by atoms with Crippen LogP contribution in [-0.2, 0) is 26.2 Å². The van der Waals surface area contributed by atoms with Gasteiger partial charge in [-0.1, -0.05) is 35.3 Å². The van der Waals surface area contributed by atoms with Gasteiger partial charge in [-0.05, 0) is 49.2 Å². The van der Waals surface area contributed by atoms with E-state index in [-0.39, 0.29) is 42.8 Å². The summed E-state index contributed by atoms with van der Waals surface area (Å²) in [6, 6.07) is 11.0. The summed E-state index contributed by atoms with van der Waals surface area (Å²) in [5.41, 5.74) is 1.15. The number of anilines is 1. The van der Waals surface area contributed by atoms with Crippen molar-refractivity contribution in [3.63, 3.8) is 0 Å². The minimum Gasteiger partial charge on any atom is -0.495 e. The van der Waals surface area contributed by atoms with Gasteiger partial charge in [0.2, 0.25) is 21.8 Å². The van der Waals surface area contributed by atoms with Gasteiger partial charge in [-0.2, -0.15) is 0 Å². The molecule has 0 aromatic heterocycles. The van der Waals surface area contributed by atoms with Gasteiger partial charge >= 0.3 is 0 Å². The Morgan fingerprint density at radius 3 is 2.41 bits per heavy atom. The summed E-state index contributed by atoms with van der Waals surface area (Å²) in [5.74, 6) is -0.160. The summed E-state index contributed by atoms with van der Waals surface area (Å²) in [5, 5.41) is 3.36. The zero-order valence-corrected chi connectivity index (χ0v) is 21.9. The number of nitrogens with one attached hydrogen (secondary N) is 1. The van der Waals surface area contributed by atoms with E-state index < -0.39 is 16.1 Å². The first kappa shape index (κ1) is 27.8. The van der Waals surface area contributed by atoms with E-state index in [9.17, 15) is 18.0 Å². The first-order valence-electron chi connectivity index (χ1n) is 10.5. The fraction of sp³-hybridized carbons (Fsp3) is 0.391. The average Bonchev–Trinajstić information content (AvgIpc) is 2.78. The summed E-state index contributed by atoms with van der Waals surface area (Å²) in [6.45, 7) is 1.90. The number of amides is 2. The predicted octanol–water partition coefficient (Wildman–Crippen LogP) is 3.71. The van der Waals surface area contributed by atoms with Crippen molar-refractivity contribution in [1.82, 2.24) is 10.2 Å². The van der Waals surface area contributed by atoms with Crippen LogP contribution in [0.15, 0.2) is 42.5 Å². The van der Waals surface area contributed by atoms with Gasteiger partial charge in [-0.3, -0.25) is 13.9 Å². The molecular weight excluding hydrogens is 501 g/mol. The Balaban J connectivity index is 2.17. The lowest BCUT2D eigenvalue weighted by Crippen LogP contribution is -2.46. The van der Waals surface area contributed by atoms with Crippen molar-refractivity contribution in [3.05, 3.63) is 58.1 Å². The topological polar surface area (TPSA) is 96.0 Å². The summed E-state index contributed by atoms with van der Waals surface area (Å²) >= 11 is 12.2. The van der Waals surface area contributed by atoms with Crippen LogP contribution >= 0.6 is 23.2 Å². The standard InChI is InChI=1S/C23H29Cl2N3O5S/c1-16(23(30)26-2)27(15-17-7-5-8-18(24)13-17)22(29)9-6-12-28(34(4,31)32)19-10-11-21(33-3)20(25)14-19/h5,7-8,10-11,13-14,16H,6,9,12,15H2,1-4H3,(H,26,30)/t16-/m0/s1. The van der Waals surface area contributed by atoms with Crippen LogP contribution in [0.5, 0.6) is 5.75 Å². The molecule has 186 valence electrons. The van der Waals surface area contributed by atoms with Gasteiger partial charge < -0.3 is 15.0 Å². The Morgan fingerprint density at radius 2 is 1.85 bits per heavy atom. The summed E-state index contributed by atoms with van der Waals surface area (Å²) < 4.78 is 31.1. The summed E-state index contributed by atoms with van der Waals surface area (Å²) in [7, 11) is -0.656. The number of benzene rings is 2. The molecule has 2 rings (SSSR count). The Bertz CT molecular complexity index is 1130. The van der Waals surface area contributed by atoms with Crippen molar-refractivity contribution < 1.29 is 22.7 Å². The number of likely N-dealkylation sites (N-methyl/N-ethyl adjacent to an activating group) is 1. The highest BCUT2D eigenvalue weighted by molar-refractivity contribution is 7.92. The van der Waals surface area contributed by atoms with Gasteiger partial charge in [-0.25, -0.2) is 8.42 Å². The van der Waals surface area contributed by atoms with Crippen LogP contribution in [0.2, 0.25) is 10.0 Å². The van der Waals surface area contributed by atoms with Crippen LogP contribution in [0, 0.1) is 0 Å². The Morgan fingerprint density at radius 1 is 1.15 bits per heavy atom. The Labute approximate surface area is 210 Å². The highest BCUT2D eigenvalue weighted by atomic mass is 35.5. The number of methoxy groups -OCH3 is 1. The van der Waals surface area contributed by atoms with Crippen LogP contribution in [0.1, 0.15) is 25.3 Å². The first-order chi connectivity index (χ1) is 16.0. The maximum absolute atomic E-state index is 13.1. The van der Waals surface area contributed by atoms with Gasteiger partial charge in [0.15, 0.2) is 0 Å². The van der Waals surface area contributed by atoms with E-state index in [2.05, 4.69) is 5.32 Å². The molecule has 0 saturated carbocycles. The molecule has 0 aliphatic heterocycles. The number of nitrogens with zero attached hydrogens (tertiary/aromatic N) is 2. The van der Waals surface area contributed by atoms with Gasteiger partial charge in [0.1, 0.15) is 11.8 Å². The Kier molecular flexibility index (Phi) is 10.0. The van der Waals surface area contributed by atoms with Gasteiger partial charge in [0.25, 0.3) is 0 Å². The minimum atomic E-state index is -3.63. The van der Waals surface area contributed by atoms with E-state index in [0.29, 0.717) is 16.5 Å². The fourth-order valence-corrected chi connectivity index (χ4v) is 4.86. The molecular formula is C23H29Cl2N3O5S. The largest absolute Gasteiger partial charge is 0.495 e. The second kappa shape index (κ2) is 12.3. The normalized spacial score (nSPS) is 12.1. The van der Waals surface area contributed by atoms with Crippen molar-refractivity contribution in [2.75, 3.05) is 31.3 Å². The van der Waals surface area contributed by atoms with E-state index in [1.165, 1.54) is 29.4 Å². The molecule has 34 heavy (non-hydrogen) atoms. The summed E-state index contributed by atoms with van der Waals surface area (Å²) in [4.78, 5) is 26.8. The molecule has 0 radical (unpaired) electrons. The molecule has 2 aromatic carbocycles. The average molecular weight is 530 g/mol. The quantitative estimate of drug-likeness (QED) is 0.478. The van der Waals surface area contributed by atoms with E-state index >= 15 is 0 Å². The van der Waals surface area contributed by atoms with Crippen molar-refractivity contribution in [2.45, 2.75) is 32.4 Å². The highest BCUT2D eigenvalue weighted by Crippen LogP contribution is 2.30. The molecule has 0 spiro atoms. The van der Waals surface area contributed by atoms with Crippen molar-refractivity contribution in [3.8, 4) is 5.75 Å². The van der Waals surface area contributed by atoms with E-state index in [1.54, 1.807) is 37.3 Å². The third-order valence-electron chi connectivity index (χ3n) is 5.23. The third-order valence-corrected chi connectivity index (χ3v) is 6.96. The number of sulfonamides is 1. The molecule has 0 fully saturated rings. The molecule has 0 aliphatic rings. The monoisotopic (exact) mass is 529 g/mol. The molecule has 0 bridgehead atoms. The molecule has 0 aliphatic carbocycles. The van der Waals surface area contributed by atoms with Gasteiger partial charge in [0, 0.05) is 31.6 Å². The van der Waals surface area contributed by atoms with Crippen molar-refractivity contribution in [2.24, 2.45) is 0 Å². The van der Waals surface area contributed by atoms with Crippen LogP contribution < -0.4 is 14.4 Å². The van der Waals surface area contributed by atoms with Crippen molar-refractivity contribution >= 4 is 50.7 Å². The maximum Gasteiger partial charge on any atom is 0.242 e. The molecule has 1 atom stereocenters. The number of carbonyl (C=O) groups excluding carboxylic acids is 2. The molecule has 0 heterocycles. The molecule has 0 saturated heterocycles. The van der Waals surface area contributed by atoms with Gasteiger partial charge in [0.05, 0.1) is 24.1 Å². The number of ether oxygens (including phenoxy) is 1. The highest BCUT2D eigenvalue weighted by Gasteiger charge is 2.26. The second-order valence-corrected chi connectivity index (χ2v) is 10.4. The second-order valence-electron chi connectivity index (χ2n) is 7.70. The molecule has 0 unspecified atom stereocenters. The minimum absolute atomic E-state index is 0.0395. The van der Waals surface area contributed by atoms with Crippen molar-refractivity contribution in [1.29, 1.82) is 0 Å². The summed E-state index contributed by atoms with van der Waals surface area (Å²) in [6.07, 6.45) is 1.37. The van der Waals surface area contributed by atoms with Gasteiger partial charge in [-0.15, -0.1) is 0 Å². The number of carbonyl (C=O) groups is 2. The first-order valence-corrected chi connectivity index (χ1v) is 13.1. The molecule has 1 N–H and O–H groups in total. The predicted molar refractivity (Wildman–Crippen MR) is 135 cm³/mol. The molecule has 8 nitrogen and oxygen atoms in total. The lowest BCUT2D eigenvalue weighted by atomic mass is 10.1. The zero-order chi connectivity index (χ0) is 25.5. The lowest BCUT2D eigenvalue weighted by Gasteiger charge is -2.29. The lowest BCUT2D eigenvalue weighted by molar-refractivity contribution is -0.140. The zero-order valence-electron chi connectivity index (χ0n) is 19.5. The molecule has 2 aromatic rings. The molecule has 2 amide bonds. The van der Waals surface area contributed by atoms with Crippen LogP contribution in [-0.4, -0.2) is 58.1 Å².